The normalized spacial score (nSPS) is 13.8. The van der Waals surface area contributed by atoms with Crippen molar-refractivity contribution in [2.75, 3.05) is 6.61 Å². The Morgan fingerprint density at radius 3 is 2.35 bits per heavy atom. The number of carbonyl (C=O) groups excluding carboxylic acids is 3. The zero-order valence-corrected chi connectivity index (χ0v) is 17.7. The van der Waals surface area contributed by atoms with Gasteiger partial charge in [-0.1, -0.05) is 29.8 Å². The molecule has 3 aromatic carbocycles. The molecule has 7 heteroatoms. The molecule has 0 radical (unpaired) electrons. The van der Waals surface area contributed by atoms with Gasteiger partial charge in [-0.05, 0) is 55.8 Å². The van der Waals surface area contributed by atoms with Crippen molar-refractivity contribution in [3.63, 3.8) is 0 Å². The molecule has 0 atom stereocenters. The first-order valence-electron chi connectivity index (χ1n) is 9.50. The summed E-state index contributed by atoms with van der Waals surface area (Å²) in [4.78, 5) is 37.3. The number of Topliss-reactive ketones (excluding diaryl/α,β-unsaturated/α-hetero) is 1. The molecule has 6 nitrogen and oxygen atoms in total. The SMILES string of the molecule is Cc1ccc(C)c(C(=O)COC(=O)c2ccc3c(c2)S(=O)(=O)c2ccccc2C3=O)c1. The Hall–Kier alpha value is -3.58. The van der Waals surface area contributed by atoms with Crippen molar-refractivity contribution in [3.8, 4) is 0 Å². The van der Waals surface area contributed by atoms with Gasteiger partial charge in [-0.3, -0.25) is 9.59 Å². The van der Waals surface area contributed by atoms with Gasteiger partial charge in [-0.15, -0.1) is 0 Å². The lowest BCUT2D eigenvalue weighted by Crippen LogP contribution is -2.21. The monoisotopic (exact) mass is 434 g/mol. The highest BCUT2D eigenvalue weighted by molar-refractivity contribution is 7.91. The smallest absolute Gasteiger partial charge is 0.338 e. The minimum atomic E-state index is -3.97. The highest BCUT2D eigenvalue weighted by Crippen LogP contribution is 2.34. The molecule has 0 aromatic heterocycles. The summed E-state index contributed by atoms with van der Waals surface area (Å²) in [6.45, 7) is 3.17. The maximum Gasteiger partial charge on any atom is 0.338 e. The Morgan fingerprint density at radius 2 is 1.58 bits per heavy atom. The number of sulfone groups is 1. The third-order valence-corrected chi connectivity index (χ3v) is 7.05. The van der Waals surface area contributed by atoms with Gasteiger partial charge in [0, 0.05) is 16.7 Å². The van der Waals surface area contributed by atoms with E-state index in [1.54, 1.807) is 19.1 Å². The number of rotatable bonds is 4. The molecule has 0 unspecified atom stereocenters. The van der Waals surface area contributed by atoms with E-state index < -0.39 is 28.2 Å². The summed E-state index contributed by atoms with van der Waals surface area (Å²) in [6, 6.07) is 15.1. The Balaban J connectivity index is 1.60. The molecular formula is C24H18O6S. The van der Waals surface area contributed by atoms with E-state index in [2.05, 4.69) is 0 Å². The van der Waals surface area contributed by atoms with Crippen LogP contribution in [0.4, 0.5) is 0 Å². The van der Waals surface area contributed by atoms with E-state index in [9.17, 15) is 22.8 Å². The molecule has 1 aliphatic rings. The molecule has 0 saturated carbocycles. The second-order valence-corrected chi connectivity index (χ2v) is 9.24. The lowest BCUT2D eigenvalue weighted by Gasteiger charge is -2.19. The van der Waals surface area contributed by atoms with Crippen LogP contribution in [-0.2, 0) is 14.6 Å². The molecule has 156 valence electrons. The lowest BCUT2D eigenvalue weighted by molar-refractivity contribution is 0.0474. The zero-order chi connectivity index (χ0) is 22.3. The fourth-order valence-corrected chi connectivity index (χ4v) is 5.22. The second kappa shape index (κ2) is 7.59. The summed E-state index contributed by atoms with van der Waals surface area (Å²) in [5.41, 5.74) is 2.19. The van der Waals surface area contributed by atoms with Crippen LogP contribution < -0.4 is 0 Å². The van der Waals surface area contributed by atoms with Gasteiger partial charge in [0.2, 0.25) is 15.6 Å². The fourth-order valence-electron chi connectivity index (χ4n) is 3.54. The summed E-state index contributed by atoms with van der Waals surface area (Å²) in [6.07, 6.45) is 0. The quantitative estimate of drug-likeness (QED) is 0.359. The third kappa shape index (κ3) is 3.57. The highest BCUT2D eigenvalue weighted by atomic mass is 32.2. The summed E-state index contributed by atoms with van der Waals surface area (Å²) in [7, 11) is -3.97. The Bertz CT molecular complexity index is 1370. The van der Waals surface area contributed by atoms with Gasteiger partial charge in [-0.2, -0.15) is 0 Å². The number of esters is 1. The Kier molecular flexibility index (Phi) is 5.07. The summed E-state index contributed by atoms with van der Waals surface area (Å²) in [5.74, 6) is -1.63. The van der Waals surface area contributed by atoms with Gasteiger partial charge in [0.15, 0.2) is 12.4 Å². The third-order valence-electron chi connectivity index (χ3n) is 5.20. The van der Waals surface area contributed by atoms with Crippen molar-refractivity contribution in [2.24, 2.45) is 0 Å². The van der Waals surface area contributed by atoms with Gasteiger partial charge in [0.05, 0.1) is 15.4 Å². The van der Waals surface area contributed by atoms with Crippen LogP contribution in [0, 0.1) is 13.8 Å². The van der Waals surface area contributed by atoms with Crippen LogP contribution in [0.25, 0.3) is 0 Å². The molecule has 1 heterocycles. The van der Waals surface area contributed by atoms with Crippen LogP contribution in [-0.4, -0.2) is 32.6 Å². The minimum absolute atomic E-state index is 0.00159. The van der Waals surface area contributed by atoms with Crippen LogP contribution in [0.3, 0.4) is 0 Å². The first-order valence-corrected chi connectivity index (χ1v) is 11.0. The number of hydrogen-bond donors (Lipinski definition) is 0. The first kappa shape index (κ1) is 20.7. The largest absolute Gasteiger partial charge is 0.454 e. The van der Waals surface area contributed by atoms with Gasteiger partial charge in [0.25, 0.3) is 0 Å². The number of carbonyl (C=O) groups is 3. The predicted octanol–water partition coefficient (Wildman–Crippen LogP) is 3.72. The van der Waals surface area contributed by atoms with Gasteiger partial charge in [0.1, 0.15) is 0 Å². The molecular weight excluding hydrogens is 416 g/mol. The molecule has 3 aromatic rings. The second-order valence-electron chi connectivity index (χ2n) is 7.36. The maximum absolute atomic E-state index is 13.0. The minimum Gasteiger partial charge on any atom is -0.454 e. The number of hydrogen-bond acceptors (Lipinski definition) is 6. The van der Waals surface area contributed by atoms with Crippen LogP contribution >= 0.6 is 0 Å². The molecule has 0 amide bonds. The van der Waals surface area contributed by atoms with Crippen molar-refractivity contribution >= 4 is 27.4 Å². The van der Waals surface area contributed by atoms with E-state index in [1.807, 2.05) is 19.1 Å². The molecule has 0 fully saturated rings. The van der Waals surface area contributed by atoms with Crippen LogP contribution in [0.2, 0.25) is 0 Å². The molecule has 0 spiro atoms. The molecule has 1 aliphatic heterocycles. The predicted molar refractivity (Wildman–Crippen MR) is 112 cm³/mol. The van der Waals surface area contributed by atoms with Crippen molar-refractivity contribution < 1.29 is 27.5 Å². The van der Waals surface area contributed by atoms with Gasteiger partial charge in [-0.25, -0.2) is 13.2 Å². The maximum atomic E-state index is 13.0. The molecule has 0 saturated heterocycles. The summed E-state index contributed by atoms with van der Waals surface area (Å²) >= 11 is 0. The van der Waals surface area contributed by atoms with E-state index >= 15 is 0 Å². The number of ketones is 2. The summed E-state index contributed by atoms with van der Waals surface area (Å²) in [5, 5.41) is 0. The van der Waals surface area contributed by atoms with Crippen LogP contribution in [0.5, 0.6) is 0 Å². The van der Waals surface area contributed by atoms with Crippen molar-refractivity contribution in [3.05, 3.63) is 94.0 Å². The molecule has 0 bridgehead atoms. The van der Waals surface area contributed by atoms with E-state index in [1.165, 1.54) is 30.3 Å². The van der Waals surface area contributed by atoms with E-state index in [4.69, 9.17) is 4.74 Å². The molecule has 0 N–H and O–H groups in total. The standard InChI is InChI=1S/C24H18O6S/c1-14-7-8-15(2)19(11-14)20(25)13-30-24(27)16-9-10-18-22(12-16)31(28,29)21-6-4-3-5-17(21)23(18)26/h3-12H,13H2,1-2H3. The number of aryl methyl sites for hydroxylation is 2. The fraction of sp³-hybridized carbons (Fsp3) is 0.125. The Morgan fingerprint density at radius 1 is 0.871 bits per heavy atom. The van der Waals surface area contributed by atoms with Crippen molar-refractivity contribution in [1.82, 2.24) is 0 Å². The summed E-state index contributed by atoms with van der Waals surface area (Å²) < 4.78 is 31.1. The average Bonchev–Trinajstić information content (AvgIpc) is 2.77. The van der Waals surface area contributed by atoms with Crippen molar-refractivity contribution in [2.45, 2.75) is 23.6 Å². The number of fused-ring (bicyclic) bond motifs is 2. The highest BCUT2D eigenvalue weighted by Gasteiger charge is 2.35. The van der Waals surface area contributed by atoms with E-state index in [0.29, 0.717) is 5.56 Å². The topological polar surface area (TPSA) is 94.6 Å². The Labute approximate surface area is 179 Å². The van der Waals surface area contributed by atoms with E-state index in [0.717, 1.165) is 17.2 Å². The van der Waals surface area contributed by atoms with E-state index in [-0.39, 0.29) is 32.3 Å². The van der Waals surface area contributed by atoms with Gasteiger partial charge < -0.3 is 4.74 Å². The number of benzene rings is 3. The molecule has 0 aliphatic carbocycles. The number of ether oxygens (including phenoxy) is 1. The van der Waals surface area contributed by atoms with Crippen molar-refractivity contribution in [1.29, 1.82) is 0 Å². The first-order chi connectivity index (χ1) is 14.7. The average molecular weight is 434 g/mol. The van der Waals surface area contributed by atoms with Gasteiger partial charge >= 0.3 is 5.97 Å². The lowest BCUT2D eigenvalue weighted by atomic mass is 10.0. The molecule has 31 heavy (non-hydrogen) atoms. The van der Waals surface area contributed by atoms with Crippen LogP contribution in [0.1, 0.15) is 47.8 Å². The van der Waals surface area contributed by atoms with Crippen LogP contribution in [0.15, 0.2) is 70.5 Å². The molecule has 4 rings (SSSR count). The zero-order valence-electron chi connectivity index (χ0n) is 16.8.